The van der Waals surface area contributed by atoms with Crippen LogP contribution in [0.25, 0.3) is 0 Å². The Morgan fingerprint density at radius 3 is 3.21 bits per heavy atom. The number of thiophene rings is 1. The lowest BCUT2D eigenvalue weighted by Gasteiger charge is -2.23. The number of rotatable bonds is 3. The summed E-state index contributed by atoms with van der Waals surface area (Å²) in [4.78, 5) is 1.48. The van der Waals surface area contributed by atoms with Crippen LogP contribution < -0.4 is 10.6 Å². The van der Waals surface area contributed by atoms with Gasteiger partial charge in [0.15, 0.2) is 0 Å². The van der Waals surface area contributed by atoms with E-state index in [0.29, 0.717) is 6.04 Å². The van der Waals surface area contributed by atoms with Crippen molar-refractivity contribution in [1.29, 1.82) is 0 Å². The molecule has 1 aromatic rings. The molecule has 2 heterocycles. The van der Waals surface area contributed by atoms with E-state index in [-0.39, 0.29) is 0 Å². The SMILES string of the molecule is Cc1ccsc1CNC1CCCNC1. The van der Waals surface area contributed by atoms with E-state index in [1.807, 2.05) is 11.3 Å². The highest BCUT2D eigenvalue weighted by Gasteiger charge is 2.12. The van der Waals surface area contributed by atoms with Crippen LogP contribution in [-0.4, -0.2) is 19.1 Å². The van der Waals surface area contributed by atoms with Crippen LogP contribution >= 0.6 is 11.3 Å². The minimum absolute atomic E-state index is 0.672. The fourth-order valence-corrected chi connectivity index (χ4v) is 2.71. The highest BCUT2D eigenvalue weighted by Crippen LogP contribution is 2.15. The highest BCUT2D eigenvalue weighted by atomic mass is 32.1. The Kier molecular flexibility index (Phi) is 3.56. The van der Waals surface area contributed by atoms with Crippen molar-refractivity contribution in [2.24, 2.45) is 0 Å². The normalized spacial score (nSPS) is 22.5. The second-order valence-corrected chi connectivity index (χ2v) is 4.95. The molecule has 14 heavy (non-hydrogen) atoms. The monoisotopic (exact) mass is 210 g/mol. The summed E-state index contributed by atoms with van der Waals surface area (Å²) < 4.78 is 0. The molecule has 1 aromatic heterocycles. The number of piperidine rings is 1. The molecule has 0 aliphatic carbocycles. The Balaban J connectivity index is 1.79. The van der Waals surface area contributed by atoms with Gasteiger partial charge < -0.3 is 10.6 Å². The second kappa shape index (κ2) is 4.91. The standard InChI is InChI=1S/C11H18N2S/c1-9-4-6-14-11(9)8-13-10-3-2-5-12-7-10/h4,6,10,12-13H,2-3,5,7-8H2,1H3. The lowest BCUT2D eigenvalue weighted by Crippen LogP contribution is -2.42. The first-order chi connectivity index (χ1) is 6.86. The molecule has 3 heteroatoms. The first-order valence-electron chi connectivity index (χ1n) is 5.33. The van der Waals surface area contributed by atoms with Crippen molar-refractivity contribution in [3.8, 4) is 0 Å². The first-order valence-corrected chi connectivity index (χ1v) is 6.21. The predicted octanol–water partition coefficient (Wildman–Crippen LogP) is 1.90. The van der Waals surface area contributed by atoms with Gasteiger partial charge in [0.1, 0.15) is 0 Å². The van der Waals surface area contributed by atoms with Gasteiger partial charge in [-0.3, -0.25) is 0 Å². The van der Waals surface area contributed by atoms with Crippen LogP contribution in [0.15, 0.2) is 11.4 Å². The first kappa shape index (κ1) is 10.1. The zero-order valence-corrected chi connectivity index (χ0v) is 9.49. The summed E-state index contributed by atoms with van der Waals surface area (Å²) in [7, 11) is 0. The molecule has 0 spiro atoms. The van der Waals surface area contributed by atoms with E-state index >= 15 is 0 Å². The molecule has 0 aromatic carbocycles. The van der Waals surface area contributed by atoms with Crippen LogP contribution in [0.5, 0.6) is 0 Å². The molecular formula is C11H18N2S. The zero-order chi connectivity index (χ0) is 9.80. The van der Waals surface area contributed by atoms with E-state index in [1.165, 1.54) is 29.8 Å². The summed E-state index contributed by atoms with van der Waals surface area (Å²) in [5.74, 6) is 0. The minimum Gasteiger partial charge on any atom is -0.315 e. The molecule has 1 fully saturated rings. The topological polar surface area (TPSA) is 24.1 Å². The van der Waals surface area contributed by atoms with Crippen molar-refractivity contribution in [2.45, 2.75) is 32.4 Å². The summed E-state index contributed by atoms with van der Waals surface area (Å²) in [6, 6.07) is 2.87. The maximum atomic E-state index is 3.61. The average molecular weight is 210 g/mol. The fraction of sp³-hybridized carbons (Fsp3) is 0.636. The number of hydrogen-bond donors (Lipinski definition) is 2. The molecule has 0 saturated carbocycles. The van der Waals surface area contributed by atoms with Gasteiger partial charge in [-0.1, -0.05) is 0 Å². The molecule has 1 unspecified atom stereocenters. The fourth-order valence-electron chi connectivity index (χ4n) is 1.85. The Morgan fingerprint density at radius 2 is 2.57 bits per heavy atom. The Hall–Kier alpha value is -0.380. The van der Waals surface area contributed by atoms with E-state index in [2.05, 4.69) is 29.0 Å². The van der Waals surface area contributed by atoms with Crippen LogP contribution in [0, 0.1) is 6.92 Å². The molecule has 1 atom stereocenters. The van der Waals surface area contributed by atoms with Gasteiger partial charge in [0.05, 0.1) is 0 Å². The lowest BCUT2D eigenvalue weighted by atomic mass is 10.1. The van der Waals surface area contributed by atoms with Gasteiger partial charge in [0, 0.05) is 24.0 Å². The third kappa shape index (κ3) is 2.56. The molecular weight excluding hydrogens is 192 g/mol. The minimum atomic E-state index is 0.672. The quantitative estimate of drug-likeness (QED) is 0.796. The summed E-state index contributed by atoms with van der Waals surface area (Å²) in [5.41, 5.74) is 1.42. The third-order valence-corrected chi connectivity index (χ3v) is 3.84. The van der Waals surface area contributed by atoms with E-state index < -0.39 is 0 Å². The average Bonchev–Trinajstić information content (AvgIpc) is 2.63. The second-order valence-electron chi connectivity index (χ2n) is 3.95. The Bertz CT molecular complexity index is 277. The van der Waals surface area contributed by atoms with E-state index in [1.54, 1.807) is 0 Å². The lowest BCUT2D eigenvalue weighted by molar-refractivity contribution is 0.390. The van der Waals surface area contributed by atoms with Gasteiger partial charge >= 0.3 is 0 Å². The molecule has 0 amide bonds. The maximum Gasteiger partial charge on any atom is 0.0305 e. The molecule has 2 rings (SSSR count). The molecule has 0 radical (unpaired) electrons. The molecule has 2 nitrogen and oxygen atoms in total. The smallest absolute Gasteiger partial charge is 0.0305 e. The summed E-state index contributed by atoms with van der Waals surface area (Å²) in [6.07, 6.45) is 2.62. The highest BCUT2D eigenvalue weighted by molar-refractivity contribution is 7.10. The van der Waals surface area contributed by atoms with Crippen molar-refractivity contribution in [2.75, 3.05) is 13.1 Å². The summed E-state index contributed by atoms with van der Waals surface area (Å²) in [6.45, 7) is 5.54. The van der Waals surface area contributed by atoms with Gasteiger partial charge in [-0.25, -0.2) is 0 Å². The largest absolute Gasteiger partial charge is 0.315 e. The number of aryl methyl sites for hydroxylation is 1. The number of nitrogens with one attached hydrogen (secondary N) is 2. The van der Waals surface area contributed by atoms with Crippen molar-refractivity contribution in [3.05, 3.63) is 21.9 Å². The van der Waals surface area contributed by atoms with E-state index in [4.69, 9.17) is 0 Å². The van der Waals surface area contributed by atoms with Gasteiger partial charge in [-0.05, 0) is 43.3 Å². The molecule has 0 bridgehead atoms. The third-order valence-electron chi connectivity index (χ3n) is 2.82. The van der Waals surface area contributed by atoms with Crippen LogP contribution in [0.2, 0.25) is 0 Å². The van der Waals surface area contributed by atoms with Gasteiger partial charge in [0.2, 0.25) is 0 Å². The maximum absolute atomic E-state index is 3.61. The summed E-state index contributed by atoms with van der Waals surface area (Å²) >= 11 is 1.86. The number of hydrogen-bond acceptors (Lipinski definition) is 3. The molecule has 78 valence electrons. The molecule has 1 saturated heterocycles. The Labute approximate surface area is 89.7 Å². The molecule has 1 aliphatic rings. The molecule has 2 N–H and O–H groups in total. The van der Waals surface area contributed by atoms with Crippen molar-refractivity contribution in [3.63, 3.8) is 0 Å². The van der Waals surface area contributed by atoms with Crippen LogP contribution in [0.3, 0.4) is 0 Å². The van der Waals surface area contributed by atoms with Crippen molar-refractivity contribution < 1.29 is 0 Å². The van der Waals surface area contributed by atoms with Gasteiger partial charge in [0.25, 0.3) is 0 Å². The van der Waals surface area contributed by atoms with Crippen LogP contribution in [-0.2, 0) is 6.54 Å². The zero-order valence-electron chi connectivity index (χ0n) is 8.68. The predicted molar refractivity (Wildman–Crippen MR) is 61.8 cm³/mol. The molecule has 1 aliphatic heterocycles. The van der Waals surface area contributed by atoms with Crippen molar-refractivity contribution in [1.82, 2.24) is 10.6 Å². The Morgan fingerprint density at radius 1 is 1.64 bits per heavy atom. The van der Waals surface area contributed by atoms with Crippen LogP contribution in [0.1, 0.15) is 23.3 Å². The van der Waals surface area contributed by atoms with E-state index in [0.717, 1.165) is 13.1 Å². The van der Waals surface area contributed by atoms with Crippen molar-refractivity contribution >= 4 is 11.3 Å². The summed E-state index contributed by atoms with van der Waals surface area (Å²) in [5, 5.41) is 9.21. The van der Waals surface area contributed by atoms with E-state index in [9.17, 15) is 0 Å². The van der Waals surface area contributed by atoms with Gasteiger partial charge in [-0.15, -0.1) is 11.3 Å². The van der Waals surface area contributed by atoms with Crippen LogP contribution in [0.4, 0.5) is 0 Å². The van der Waals surface area contributed by atoms with Gasteiger partial charge in [-0.2, -0.15) is 0 Å².